The van der Waals surface area contributed by atoms with Gasteiger partial charge in [0.2, 0.25) is 0 Å². The summed E-state index contributed by atoms with van der Waals surface area (Å²) in [5.41, 5.74) is 0. The van der Waals surface area contributed by atoms with E-state index in [4.69, 9.17) is 9.78 Å². The number of hydrogen-bond donors (Lipinski definition) is 0. The third kappa shape index (κ3) is 4.35. The van der Waals surface area contributed by atoms with E-state index in [0.717, 1.165) is 12.8 Å². The van der Waals surface area contributed by atoms with Gasteiger partial charge < -0.3 is 0 Å². The van der Waals surface area contributed by atoms with Crippen LogP contribution in [-0.2, 0) is 9.78 Å². The highest BCUT2D eigenvalue weighted by Crippen LogP contribution is 2.26. The van der Waals surface area contributed by atoms with Gasteiger partial charge in [0.1, 0.15) is 6.10 Å². The lowest BCUT2D eigenvalue weighted by Crippen LogP contribution is -2.14. The fraction of sp³-hybridized carbons (Fsp3) is 0.846. The topological polar surface area (TPSA) is 18.5 Å². The molecule has 3 atom stereocenters. The van der Waals surface area contributed by atoms with Crippen LogP contribution in [0.15, 0.2) is 12.7 Å². The molecule has 88 valence electrons. The summed E-state index contributed by atoms with van der Waals surface area (Å²) in [5.74, 6) is 0.394. The van der Waals surface area contributed by atoms with Gasteiger partial charge in [-0.15, -0.1) is 6.58 Å². The van der Waals surface area contributed by atoms with Crippen molar-refractivity contribution in [1.82, 2.24) is 0 Å². The SMILES string of the molecule is C=C[C@H](C)C1CC(CCCCCC)OO1. The molecule has 2 heteroatoms. The number of hydrogen-bond acceptors (Lipinski definition) is 2. The summed E-state index contributed by atoms with van der Waals surface area (Å²) in [6.07, 6.45) is 9.84. The van der Waals surface area contributed by atoms with Crippen molar-refractivity contribution in [3.8, 4) is 0 Å². The maximum Gasteiger partial charge on any atom is 0.102 e. The van der Waals surface area contributed by atoms with Crippen LogP contribution in [0.4, 0.5) is 0 Å². The van der Waals surface area contributed by atoms with Gasteiger partial charge in [-0.25, -0.2) is 9.78 Å². The largest absolute Gasteiger partial charge is 0.233 e. The smallest absolute Gasteiger partial charge is 0.102 e. The fourth-order valence-corrected chi connectivity index (χ4v) is 1.91. The normalized spacial score (nSPS) is 27.9. The molecule has 1 aliphatic rings. The molecule has 1 heterocycles. The Hall–Kier alpha value is -0.340. The van der Waals surface area contributed by atoms with Gasteiger partial charge >= 0.3 is 0 Å². The fourth-order valence-electron chi connectivity index (χ4n) is 1.91. The Bertz CT molecular complexity index is 179. The van der Waals surface area contributed by atoms with Gasteiger partial charge in [0, 0.05) is 12.3 Å². The average molecular weight is 212 g/mol. The van der Waals surface area contributed by atoms with Crippen molar-refractivity contribution < 1.29 is 9.78 Å². The van der Waals surface area contributed by atoms with Gasteiger partial charge in [-0.2, -0.15) is 0 Å². The molecule has 1 saturated heterocycles. The van der Waals surface area contributed by atoms with E-state index in [9.17, 15) is 0 Å². The zero-order valence-electron chi connectivity index (χ0n) is 10.1. The Balaban J connectivity index is 2.10. The minimum absolute atomic E-state index is 0.221. The summed E-state index contributed by atoms with van der Waals surface area (Å²) < 4.78 is 0. The van der Waals surface area contributed by atoms with Crippen LogP contribution >= 0.6 is 0 Å². The predicted molar refractivity (Wildman–Crippen MR) is 62.5 cm³/mol. The van der Waals surface area contributed by atoms with Crippen molar-refractivity contribution in [2.75, 3.05) is 0 Å². The molecule has 0 aromatic rings. The lowest BCUT2D eigenvalue weighted by atomic mass is 9.97. The van der Waals surface area contributed by atoms with Crippen LogP contribution < -0.4 is 0 Å². The Morgan fingerprint density at radius 2 is 2.13 bits per heavy atom. The molecule has 0 amide bonds. The third-order valence-corrected chi connectivity index (χ3v) is 3.15. The summed E-state index contributed by atoms with van der Waals surface area (Å²) in [4.78, 5) is 10.6. The highest BCUT2D eigenvalue weighted by atomic mass is 17.2. The van der Waals surface area contributed by atoms with E-state index >= 15 is 0 Å². The van der Waals surface area contributed by atoms with Crippen LogP contribution in [0, 0.1) is 5.92 Å². The van der Waals surface area contributed by atoms with E-state index in [1.165, 1.54) is 25.7 Å². The van der Waals surface area contributed by atoms with Crippen LogP contribution in [0.2, 0.25) is 0 Å². The molecule has 1 rings (SSSR count). The first-order valence-electron chi connectivity index (χ1n) is 6.22. The van der Waals surface area contributed by atoms with Gasteiger partial charge in [0.05, 0.1) is 6.10 Å². The molecule has 0 bridgehead atoms. The maximum absolute atomic E-state index is 5.32. The molecule has 0 aliphatic carbocycles. The van der Waals surface area contributed by atoms with Crippen LogP contribution in [0.25, 0.3) is 0 Å². The molecule has 2 unspecified atom stereocenters. The van der Waals surface area contributed by atoms with Gasteiger partial charge in [-0.05, 0) is 6.42 Å². The second kappa shape index (κ2) is 7.02. The first-order valence-corrected chi connectivity index (χ1v) is 6.22. The van der Waals surface area contributed by atoms with E-state index < -0.39 is 0 Å². The molecule has 0 aromatic heterocycles. The zero-order valence-corrected chi connectivity index (χ0v) is 10.1. The van der Waals surface area contributed by atoms with E-state index in [1.54, 1.807) is 0 Å². The van der Waals surface area contributed by atoms with Crippen molar-refractivity contribution >= 4 is 0 Å². The minimum Gasteiger partial charge on any atom is -0.233 e. The summed E-state index contributed by atoms with van der Waals surface area (Å²) in [7, 11) is 0. The highest BCUT2D eigenvalue weighted by Gasteiger charge is 2.29. The Morgan fingerprint density at radius 1 is 1.33 bits per heavy atom. The molecule has 1 aliphatic heterocycles. The minimum atomic E-state index is 0.221. The summed E-state index contributed by atoms with van der Waals surface area (Å²) in [5, 5.41) is 0. The molecular weight excluding hydrogens is 188 g/mol. The Morgan fingerprint density at radius 3 is 2.80 bits per heavy atom. The molecule has 1 fully saturated rings. The van der Waals surface area contributed by atoms with Gasteiger partial charge in [0.25, 0.3) is 0 Å². The highest BCUT2D eigenvalue weighted by molar-refractivity contribution is 4.84. The van der Waals surface area contributed by atoms with Gasteiger partial charge in [-0.3, -0.25) is 0 Å². The molecule has 0 aromatic carbocycles. The van der Waals surface area contributed by atoms with E-state index in [1.807, 2.05) is 6.08 Å². The standard InChI is InChI=1S/C13H24O2/c1-4-6-7-8-9-12-10-13(15-14-12)11(3)5-2/h5,11-13H,2,4,6-10H2,1,3H3/t11-,12?,13?/m0/s1. The lowest BCUT2D eigenvalue weighted by Gasteiger charge is -2.10. The number of rotatable bonds is 7. The molecule has 0 radical (unpaired) electrons. The van der Waals surface area contributed by atoms with Crippen LogP contribution in [-0.4, -0.2) is 12.2 Å². The van der Waals surface area contributed by atoms with E-state index in [0.29, 0.717) is 12.0 Å². The molecule has 15 heavy (non-hydrogen) atoms. The quantitative estimate of drug-likeness (QED) is 0.362. The molecule has 0 N–H and O–H groups in total. The molecule has 2 nitrogen and oxygen atoms in total. The average Bonchev–Trinajstić information content (AvgIpc) is 2.72. The van der Waals surface area contributed by atoms with Crippen molar-refractivity contribution in [2.45, 2.75) is 64.6 Å². The predicted octanol–water partition coefficient (Wildman–Crippen LogP) is 3.87. The van der Waals surface area contributed by atoms with Gasteiger partial charge in [-0.1, -0.05) is 45.6 Å². The first kappa shape index (κ1) is 12.7. The van der Waals surface area contributed by atoms with E-state index in [2.05, 4.69) is 20.4 Å². The van der Waals surface area contributed by atoms with Crippen molar-refractivity contribution in [3.05, 3.63) is 12.7 Å². The zero-order chi connectivity index (χ0) is 11.1. The summed E-state index contributed by atoms with van der Waals surface area (Å²) in [6, 6.07) is 0. The maximum atomic E-state index is 5.32. The Kier molecular flexibility index (Phi) is 5.96. The number of unbranched alkanes of at least 4 members (excludes halogenated alkanes) is 3. The molecule has 0 spiro atoms. The van der Waals surface area contributed by atoms with Crippen LogP contribution in [0.3, 0.4) is 0 Å². The first-order chi connectivity index (χ1) is 7.27. The van der Waals surface area contributed by atoms with Crippen LogP contribution in [0.5, 0.6) is 0 Å². The third-order valence-electron chi connectivity index (χ3n) is 3.15. The Labute approximate surface area is 93.6 Å². The van der Waals surface area contributed by atoms with Crippen molar-refractivity contribution in [3.63, 3.8) is 0 Å². The summed E-state index contributed by atoms with van der Waals surface area (Å²) in [6.45, 7) is 8.14. The van der Waals surface area contributed by atoms with Crippen LogP contribution in [0.1, 0.15) is 52.4 Å². The second-order valence-electron chi connectivity index (χ2n) is 4.53. The van der Waals surface area contributed by atoms with E-state index in [-0.39, 0.29) is 6.10 Å². The molecule has 0 saturated carbocycles. The monoisotopic (exact) mass is 212 g/mol. The lowest BCUT2D eigenvalue weighted by molar-refractivity contribution is -0.301. The van der Waals surface area contributed by atoms with Gasteiger partial charge in [0.15, 0.2) is 0 Å². The second-order valence-corrected chi connectivity index (χ2v) is 4.53. The van der Waals surface area contributed by atoms with Crippen molar-refractivity contribution in [2.24, 2.45) is 5.92 Å². The summed E-state index contributed by atoms with van der Waals surface area (Å²) >= 11 is 0. The molecular formula is C13H24O2. The van der Waals surface area contributed by atoms with Crippen molar-refractivity contribution in [1.29, 1.82) is 0 Å².